The maximum Gasteiger partial charge on any atom is 0.320 e. The molecule has 0 aliphatic carbocycles. The van der Waals surface area contributed by atoms with E-state index in [1.807, 2.05) is 4.72 Å². The molecule has 0 radical (unpaired) electrons. The molecular weight excluding hydrogens is 348 g/mol. The van der Waals surface area contributed by atoms with E-state index in [1.54, 1.807) is 0 Å². The number of carbonyl (C=O) groups excluding carboxylic acids is 2. The van der Waals surface area contributed by atoms with Crippen LogP contribution in [0.25, 0.3) is 0 Å². The van der Waals surface area contributed by atoms with Gasteiger partial charge < -0.3 is 4.74 Å². The van der Waals surface area contributed by atoms with Crippen LogP contribution in [0.1, 0.15) is 6.42 Å². The van der Waals surface area contributed by atoms with Crippen molar-refractivity contribution in [1.29, 1.82) is 0 Å². The molecule has 1 aliphatic heterocycles. The van der Waals surface area contributed by atoms with E-state index in [9.17, 15) is 26.4 Å². The van der Waals surface area contributed by atoms with Gasteiger partial charge in [0, 0.05) is 6.42 Å². The van der Waals surface area contributed by atoms with Gasteiger partial charge in [0.2, 0.25) is 26.0 Å². The second-order valence-electron chi connectivity index (χ2n) is 4.62. The highest BCUT2D eigenvalue weighted by atomic mass is 32.2. The lowest BCUT2D eigenvalue weighted by atomic mass is 10.3. The van der Waals surface area contributed by atoms with Gasteiger partial charge in [0.25, 0.3) is 0 Å². The van der Waals surface area contributed by atoms with Crippen LogP contribution < -0.4 is 9.03 Å². The lowest BCUT2D eigenvalue weighted by Gasteiger charge is -2.15. The van der Waals surface area contributed by atoms with Crippen molar-refractivity contribution in [3.63, 3.8) is 0 Å². The number of rotatable bonds is 5. The highest BCUT2D eigenvalue weighted by Gasteiger charge is 2.36. The predicted octanol–water partition coefficient (Wildman–Crippen LogP) is -0.796. The number of amides is 1. The first-order valence-corrected chi connectivity index (χ1v) is 9.49. The van der Waals surface area contributed by atoms with Crippen molar-refractivity contribution < 1.29 is 31.2 Å². The van der Waals surface area contributed by atoms with Crippen LogP contribution in [0.4, 0.5) is 5.69 Å². The van der Waals surface area contributed by atoms with E-state index < -0.39 is 38.5 Å². The van der Waals surface area contributed by atoms with Gasteiger partial charge in [0.15, 0.2) is 0 Å². The van der Waals surface area contributed by atoms with Crippen molar-refractivity contribution in [3.05, 3.63) is 24.3 Å². The lowest BCUT2D eigenvalue weighted by Crippen LogP contribution is -2.31. The molecule has 0 aromatic heterocycles. The number of benzene rings is 1. The fourth-order valence-electron chi connectivity index (χ4n) is 1.94. The van der Waals surface area contributed by atoms with Crippen molar-refractivity contribution in [3.8, 4) is 0 Å². The van der Waals surface area contributed by atoms with Crippen molar-refractivity contribution in [1.82, 2.24) is 4.72 Å². The number of methoxy groups -OCH3 is 1. The molecule has 0 spiro atoms. The first kappa shape index (κ1) is 17.4. The number of nitrogens with zero attached hydrogens (tertiary/aromatic N) is 1. The summed E-state index contributed by atoms with van der Waals surface area (Å²) in [6.07, 6.45) is -0.108. The Bertz CT molecular complexity index is 829. The predicted molar refractivity (Wildman–Crippen MR) is 79.5 cm³/mol. The molecule has 0 unspecified atom stereocenters. The number of anilines is 1. The SMILES string of the molecule is COC(=O)CNS(=O)(=O)c1ccc(N2C(=O)CCS2(=O)=O)cc1. The standard InChI is InChI=1S/C12H14N2O7S2/c1-21-12(16)8-13-23(19,20)10-4-2-9(3-5-10)14-11(15)6-7-22(14,17)18/h2-5,13H,6-8H2,1H3. The molecule has 1 aromatic carbocycles. The number of hydrogen-bond donors (Lipinski definition) is 1. The molecule has 1 amide bonds. The molecule has 1 saturated heterocycles. The van der Waals surface area contributed by atoms with E-state index in [1.165, 1.54) is 12.1 Å². The van der Waals surface area contributed by atoms with Crippen LogP contribution in [0.3, 0.4) is 0 Å². The first-order chi connectivity index (χ1) is 10.7. The molecule has 1 aromatic rings. The molecule has 126 valence electrons. The molecule has 9 nitrogen and oxygen atoms in total. The van der Waals surface area contributed by atoms with Crippen LogP contribution in [0.15, 0.2) is 29.2 Å². The molecule has 1 fully saturated rings. The minimum absolute atomic E-state index is 0.0689. The van der Waals surface area contributed by atoms with E-state index in [-0.39, 0.29) is 22.8 Å². The van der Waals surface area contributed by atoms with Crippen LogP contribution in [-0.4, -0.2) is 48.1 Å². The van der Waals surface area contributed by atoms with Crippen molar-refractivity contribution in [2.45, 2.75) is 11.3 Å². The van der Waals surface area contributed by atoms with E-state index in [0.717, 1.165) is 19.2 Å². The van der Waals surface area contributed by atoms with Crippen molar-refractivity contribution >= 4 is 37.6 Å². The minimum Gasteiger partial charge on any atom is -0.468 e. The van der Waals surface area contributed by atoms with E-state index in [4.69, 9.17) is 0 Å². The Morgan fingerprint density at radius 1 is 1.30 bits per heavy atom. The molecule has 1 N–H and O–H groups in total. The van der Waals surface area contributed by atoms with E-state index >= 15 is 0 Å². The first-order valence-electron chi connectivity index (χ1n) is 6.40. The average molecular weight is 362 g/mol. The number of carbonyl (C=O) groups is 2. The third kappa shape index (κ3) is 3.68. The third-order valence-corrected chi connectivity index (χ3v) is 6.20. The van der Waals surface area contributed by atoms with Gasteiger partial charge in [-0.1, -0.05) is 0 Å². The van der Waals surface area contributed by atoms with Gasteiger partial charge in [-0.15, -0.1) is 0 Å². The second-order valence-corrected chi connectivity index (χ2v) is 8.32. The minimum atomic E-state index is -3.95. The number of sulfonamides is 2. The van der Waals surface area contributed by atoms with Crippen LogP contribution in [-0.2, 0) is 34.4 Å². The van der Waals surface area contributed by atoms with Gasteiger partial charge in [0.05, 0.1) is 23.4 Å². The highest BCUT2D eigenvalue weighted by molar-refractivity contribution is 7.94. The summed E-state index contributed by atoms with van der Waals surface area (Å²) in [5, 5.41) is 0. The quantitative estimate of drug-likeness (QED) is 0.680. The fourth-order valence-corrected chi connectivity index (χ4v) is 4.37. The summed E-state index contributed by atoms with van der Waals surface area (Å²) in [5.74, 6) is -1.59. The fraction of sp³-hybridized carbons (Fsp3) is 0.333. The maximum absolute atomic E-state index is 12.0. The zero-order valence-corrected chi connectivity index (χ0v) is 13.7. The highest BCUT2D eigenvalue weighted by Crippen LogP contribution is 2.26. The Kier molecular flexibility index (Phi) is 4.73. The Balaban J connectivity index is 2.23. The number of ether oxygens (including phenoxy) is 1. The molecule has 1 heterocycles. The van der Waals surface area contributed by atoms with Crippen LogP contribution in [0.2, 0.25) is 0 Å². The third-order valence-electron chi connectivity index (χ3n) is 3.09. The Morgan fingerprint density at radius 3 is 2.39 bits per heavy atom. The zero-order valence-electron chi connectivity index (χ0n) is 12.1. The second kappa shape index (κ2) is 6.26. The van der Waals surface area contributed by atoms with E-state index in [2.05, 4.69) is 4.74 Å². The molecule has 0 atom stereocenters. The van der Waals surface area contributed by atoms with Crippen LogP contribution in [0.5, 0.6) is 0 Å². The van der Waals surface area contributed by atoms with Crippen molar-refractivity contribution in [2.75, 3.05) is 23.7 Å². The molecule has 2 rings (SSSR count). The van der Waals surface area contributed by atoms with Gasteiger partial charge in [-0.25, -0.2) is 21.1 Å². The number of esters is 1. The number of hydrogen-bond acceptors (Lipinski definition) is 7. The molecule has 23 heavy (non-hydrogen) atoms. The lowest BCUT2D eigenvalue weighted by molar-refractivity contribution is -0.139. The summed E-state index contributed by atoms with van der Waals surface area (Å²) < 4.78 is 54.5. The summed E-state index contributed by atoms with van der Waals surface area (Å²) in [6.45, 7) is -0.528. The average Bonchev–Trinajstić information content (AvgIpc) is 2.78. The van der Waals surface area contributed by atoms with Gasteiger partial charge in [-0.2, -0.15) is 4.72 Å². The molecule has 0 saturated carbocycles. The normalized spacial score (nSPS) is 17.3. The smallest absolute Gasteiger partial charge is 0.320 e. The molecule has 0 bridgehead atoms. The largest absolute Gasteiger partial charge is 0.468 e. The molecule has 1 aliphatic rings. The van der Waals surface area contributed by atoms with Gasteiger partial charge in [-0.05, 0) is 24.3 Å². The van der Waals surface area contributed by atoms with Crippen LogP contribution in [0, 0.1) is 0 Å². The monoisotopic (exact) mass is 362 g/mol. The maximum atomic E-state index is 12.0. The Morgan fingerprint density at radius 2 is 1.91 bits per heavy atom. The summed E-state index contributed by atoms with van der Waals surface area (Å²) in [4.78, 5) is 22.4. The summed E-state index contributed by atoms with van der Waals surface area (Å²) >= 11 is 0. The van der Waals surface area contributed by atoms with Gasteiger partial charge >= 0.3 is 5.97 Å². The summed E-state index contributed by atoms with van der Waals surface area (Å²) in [7, 11) is -6.53. The summed E-state index contributed by atoms with van der Waals surface area (Å²) in [5.41, 5.74) is 0.0689. The zero-order chi connectivity index (χ0) is 17.3. The molecule has 11 heteroatoms. The van der Waals surface area contributed by atoms with Gasteiger partial charge in [0.1, 0.15) is 6.54 Å². The Hall–Kier alpha value is -1.98. The topological polar surface area (TPSA) is 127 Å². The Labute approximate surface area is 133 Å². The number of nitrogens with one attached hydrogen (secondary N) is 1. The van der Waals surface area contributed by atoms with Crippen molar-refractivity contribution in [2.24, 2.45) is 0 Å². The molecular formula is C12H14N2O7S2. The van der Waals surface area contributed by atoms with Crippen LogP contribution >= 0.6 is 0 Å². The van der Waals surface area contributed by atoms with Gasteiger partial charge in [-0.3, -0.25) is 9.59 Å². The summed E-state index contributed by atoms with van der Waals surface area (Å²) in [6, 6.07) is 4.73. The van der Waals surface area contributed by atoms with E-state index in [0.29, 0.717) is 4.31 Å².